The van der Waals surface area contributed by atoms with Crippen LogP contribution in [-0.4, -0.2) is 45.4 Å². The molecule has 0 aromatic carbocycles. The zero-order valence-corrected chi connectivity index (χ0v) is 12.7. The normalized spacial score (nSPS) is 28.1. The standard InChI is InChI=1S/C16H20N4O2/c1-11-18-19-16(21-11)7-14-6-12-8-20(10-15(12)22-14)9-13-4-2-3-5-17-13/h2-5,12,14-15H,6-10H2,1H3/t12-,14+,15+/m0/s1. The third-order valence-electron chi connectivity index (χ3n) is 4.47. The van der Waals surface area contributed by atoms with E-state index in [2.05, 4.69) is 26.1 Å². The van der Waals surface area contributed by atoms with Crippen molar-refractivity contribution in [3.05, 3.63) is 41.9 Å². The summed E-state index contributed by atoms with van der Waals surface area (Å²) in [4.78, 5) is 6.83. The van der Waals surface area contributed by atoms with Crippen LogP contribution in [0.1, 0.15) is 23.9 Å². The van der Waals surface area contributed by atoms with Crippen molar-refractivity contribution >= 4 is 0 Å². The molecule has 2 aromatic heterocycles. The molecular formula is C16H20N4O2. The number of rotatable bonds is 4. The molecule has 6 heteroatoms. The van der Waals surface area contributed by atoms with E-state index in [-0.39, 0.29) is 6.10 Å². The molecule has 2 aromatic rings. The van der Waals surface area contributed by atoms with Crippen molar-refractivity contribution in [2.75, 3.05) is 13.1 Å². The van der Waals surface area contributed by atoms with Gasteiger partial charge >= 0.3 is 0 Å². The quantitative estimate of drug-likeness (QED) is 0.854. The number of aryl methyl sites for hydroxylation is 1. The Balaban J connectivity index is 1.31. The van der Waals surface area contributed by atoms with Gasteiger partial charge in [-0.25, -0.2) is 0 Å². The fourth-order valence-electron chi connectivity index (χ4n) is 3.54. The summed E-state index contributed by atoms with van der Waals surface area (Å²) >= 11 is 0. The van der Waals surface area contributed by atoms with Crippen molar-refractivity contribution in [2.45, 2.75) is 38.5 Å². The highest BCUT2D eigenvalue weighted by atomic mass is 16.5. The maximum Gasteiger partial charge on any atom is 0.219 e. The van der Waals surface area contributed by atoms with E-state index in [9.17, 15) is 0 Å². The van der Waals surface area contributed by atoms with Gasteiger partial charge in [-0.05, 0) is 18.6 Å². The van der Waals surface area contributed by atoms with Gasteiger partial charge in [-0.3, -0.25) is 9.88 Å². The van der Waals surface area contributed by atoms with Gasteiger partial charge in [0.05, 0.1) is 24.3 Å². The van der Waals surface area contributed by atoms with E-state index >= 15 is 0 Å². The zero-order chi connectivity index (χ0) is 14.9. The van der Waals surface area contributed by atoms with Crippen LogP contribution < -0.4 is 0 Å². The molecule has 0 saturated carbocycles. The second-order valence-corrected chi connectivity index (χ2v) is 6.23. The average molecular weight is 300 g/mol. The number of likely N-dealkylation sites (tertiary alicyclic amines) is 1. The minimum Gasteiger partial charge on any atom is -0.426 e. The highest BCUT2D eigenvalue weighted by molar-refractivity contribution is 5.05. The molecule has 6 nitrogen and oxygen atoms in total. The largest absolute Gasteiger partial charge is 0.426 e. The number of hydrogen-bond acceptors (Lipinski definition) is 6. The van der Waals surface area contributed by atoms with Crippen molar-refractivity contribution in [3.8, 4) is 0 Å². The third-order valence-corrected chi connectivity index (χ3v) is 4.47. The molecule has 22 heavy (non-hydrogen) atoms. The van der Waals surface area contributed by atoms with E-state index in [4.69, 9.17) is 9.15 Å². The molecule has 0 radical (unpaired) electrons. The maximum absolute atomic E-state index is 6.18. The lowest BCUT2D eigenvalue weighted by Crippen LogP contribution is -2.25. The summed E-state index contributed by atoms with van der Waals surface area (Å²) in [7, 11) is 0. The average Bonchev–Trinajstić information content (AvgIpc) is 3.16. The predicted octanol–water partition coefficient (Wildman–Crippen LogP) is 1.61. The van der Waals surface area contributed by atoms with Gasteiger partial charge in [0.15, 0.2) is 0 Å². The molecular weight excluding hydrogens is 280 g/mol. The monoisotopic (exact) mass is 300 g/mol. The molecule has 0 aliphatic carbocycles. The number of pyridine rings is 1. The minimum absolute atomic E-state index is 0.215. The Kier molecular flexibility index (Phi) is 3.63. The van der Waals surface area contributed by atoms with Crippen LogP contribution in [0.4, 0.5) is 0 Å². The van der Waals surface area contributed by atoms with Gasteiger partial charge in [0.2, 0.25) is 11.8 Å². The number of fused-ring (bicyclic) bond motifs is 1. The summed E-state index contributed by atoms with van der Waals surface area (Å²) in [6.45, 7) is 4.79. The van der Waals surface area contributed by atoms with Crippen LogP contribution in [0.5, 0.6) is 0 Å². The SMILES string of the molecule is Cc1nnc(C[C@H]2C[C@H]3CN(Cc4ccccn4)C[C@H]3O2)o1. The van der Waals surface area contributed by atoms with E-state index in [0.717, 1.165) is 38.2 Å². The van der Waals surface area contributed by atoms with Gasteiger partial charge < -0.3 is 9.15 Å². The zero-order valence-electron chi connectivity index (χ0n) is 12.7. The first-order valence-corrected chi connectivity index (χ1v) is 7.83. The highest BCUT2D eigenvalue weighted by Gasteiger charge is 2.42. The lowest BCUT2D eigenvalue weighted by Gasteiger charge is -2.18. The lowest BCUT2D eigenvalue weighted by molar-refractivity contribution is 0.0348. The van der Waals surface area contributed by atoms with Crippen LogP contribution >= 0.6 is 0 Å². The van der Waals surface area contributed by atoms with E-state index in [1.54, 1.807) is 0 Å². The Bertz CT molecular complexity index is 616. The van der Waals surface area contributed by atoms with Gasteiger partial charge in [-0.2, -0.15) is 0 Å². The van der Waals surface area contributed by atoms with Crippen molar-refractivity contribution in [1.29, 1.82) is 0 Å². The molecule has 0 bridgehead atoms. The topological polar surface area (TPSA) is 64.3 Å². The first-order chi connectivity index (χ1) is 10.8. The van der Waals surface area contributed by atoms with E-state index in [1.807, 2.05) is 25.3 Å². The third kappa shape index (κ3) is 2.89. The summed E-state index contributed by atoms with van der Waals surface area (Å²) < 4.78 is 11.6. The highest BCUT2D eigenvalue weighted by Crippen LogP contribution is 2.34. The van der Waals surface area contributed by atoms with Crippen LogP contribution in [0.3, 0.4) is 0 Å². The first kappa shape index (κ1) is 13.8. The van der Waals surface area contributed by atoms with Gasteiger partial charge in [0.1, 0.15) is 0 Å². The van der Waals surface area contributed by atoms with Gasteiger partial charge in [0.25, 0.3) is 0 Å². The van der Waals surface area contributed by atoms with Crippen molar-refractivity contribution < 1.29 is 9.15 Å². The van der Waals surface area contributed by atoms with Crippen molar-refractivity contribution in [2.24, 2.45) is 5.92 Å². The molecule has 2 saturated heterocycles. The molecule has 116 valence electrons. The first-order valence-electron chi connectivity index (χ1n) is 7.83. The molecule has 3 atom stereocenters. The van der Waals surface area contributed by atoms with Crippen molar-refractivity contribution in [3.63, 3.8) is 0 Å². The van der Waals surface area contributed by atoms with Crippen LogP contribution in [0.15, 0.2) is 28.8 Å². The van der Waals surface area contributed by atoms with Crippen LogP contribution in [0.25, 0.3) is 0 Å². The molecule has 4 heterocycles. The lowest BCUT2D eigenvalue weighted by atomic mass is 10.0. The van der Waals surface area contributed by atoms with Crippen LogP contribution in [0, 0.1) is 12.8 Å². The van der Waals surface area contributed by atoms with E-state index in [1.165, 1.54) is 0 Å². The van der Waals surface area contributed by atoms with Crippen molar-refractivity contribution in [1.82, 2.24) is 20.1 Å². The second-order valence-electron chi connectivity index (χ2n) is 6.23. The fourth-order valence-corrected chi connectivity index (χ4v) is 3.54. The maximum atomic E-state index is 6.18. The summed E-state index contributed by atoms with van der Waals surface area (Å²) in [5, 5.41) is 7.93. The number of nitrogens with zero attached hydrogens (tertiary/aromatic N) is 4. The smallest absolute Gasteiger partial charge is 0.219 e. The molecule has 0 amide bonds. The van der Waals surface area contributed by atoms with Gasteiger partial charge in [-0.1, -0.05) is 6.07 Å². The molecule has 0 unspecified atom stereocenters. The fraction of sp³-hybridized carbons (Fsp3) is 0.562. The Morgan fingerprint density at radius 2 is 2.23 bits per heavy atom. The summed E-state index contributed by atoms with van der Waals surface area (Å²) in [6.07, 6.45) is 4.20. The predicted molar refractivity (Wildman–Crippen MR) is 79.0 cm³/mol. The summed E-state index contributed by atoms with van der Waals surface area (Å²) in [5.74, 6) is 1.92. The molecule has 0 spiro atoms. The Morgan fingerprint density at radius 3 is 2.95 bits per heavy atom. The molecule has 2 aliphatic heterocycles. The van der Waals surface area contributed by atoms with Crippen LogP contribution in [-0.2, 0) is 17.7 Å². The van der Waals surface area contributed by atoms with Gasteiger partial charge in [0, 0.05) is 38.7 Å². The number of aromatic nitrogens is 3. The van der Waals surface area contributed by atoms with E-state index in [0.29, 0.717) is 23.8 Å². The molecule has 0 N–H and O–H groups in total. The minimum atomic E-state index is 0.215. The summed E-state index contributed by atoms with van der Waals surface area (Å²) in [5.41, 5.74) is 1.13. The second kappa shape index (κ2) is 5.78. The summed E-state index contributed by atoms with van der Waals surface area (Å²) in [6, 6.07) is 6.07. The Labute approximate surface area is 129 Å². The Morgan fingerprint density at radius 1 is 1.27 bits per heavy atom. The number of hydrogen-bond donors (Lipinski definition) is 0. The van der Waals surface area contributed by atoms with Gasteiger partial charge in [-0.15, -0.1) is 10.2 Å². The molecule has 2 fully saturated rings. The Hall–Kier alpha value is -1.79. The van der Waals surface area contributed by atoms with Crippen LogP contribution in [0.2, 0.25) is 0 Å². The van der Waals surface area contributed by atoms with E-state index < -0.39 is 0 Å². The molecule has 4 rings (SSSR count). The number of ether oxygens (including phenoxy) is 1. The molecule has 2 aliphatic rings.